The van der Waals surface area contributed by atoms with Crippen LogP contribution in [0.15, 0.2) is 73.1 Å². The number of rotatable bonds is 9. The van der Waals surface area contributed by atoms with Crippen LogP contribution in [0.3, 0.4) is 0 Å². The number of carbonyl (C=O) groups is 1. The summed E-state index contributed by atoms with van der Waals surface area (Å²) in [4.78, 5) is 16.0. The quantitative estimate of drug-likeness (QED) is 0.292. The van der Waals surface area contributed by atoms with Crippen molar-refractivity contribution in [2.45, 2.75) is 12.8 Å². The zero-order valence-corrected chi connectivity index (χ0v) is 16.3. The summed E-state index contributed by atoms with van der Waals surface area (Å²) in [6.07, 6.45) is 8.38. The molecule has 1 heterocycles. The molecule has 3 aromatic rings. The molecule has 5 nitrogen and oxygen atoms in total. The van der Waals surface area contributed by atoms with Crippen molar-refractivity contribution in [3.8, 4) is 17.2 Å². The van der Waals surface area contributed by atoms with Crippen LogP contribution in [0.2, 0.25) is 0 Å². The lowest BCUT2D eigenvalue weighted by atomic mass is 10.1. The van der Waals surface area contributed by atoms with E-state index >= 15 is 0 Å². The molecule has 3 rings (SSSR count). The van der Waals surface area contributed by atoms with E-state index in [9.17, 15) is 4.79 Å². The Morgan fingerprint density at radius 2 is 1.41 bits per heavy atom. The highest BCUT2D eigenvalue weighted by Gasteiger charge is 2.05. The van der Waals surface area contributed by atoms with Crippen molar-refractivity contribution in [3.63, 3.8) is 0 Å². The zero-order chi connectivity index (χ0) is 20.3. The second-order valence-electron chi connectivity index (χ2n) is 6.28. The van der Waals surface area contributed by atoms with Crippen molar-refractivity contribution in [2.75, 3.05) is 13.7 Å². The molecule has 0 N–H and O–H groups in total. The van der Waals surface area contributed by atoms with Gasteiger partial charge in [0, 0.05) is 18.8 Å². The molecule has 148 valence electrons. The molecule has 0 amide bonds. The summed E-state index contributed by atoms with van der Waals surface area (Å²) in [7, 11) is 1.62. The molecule has 5 heteroatoms. The first-order chi connectivity index (χ1) is 14.2. The number of nitrogens with zero attached hydrogens (tertiary/aromatic N) is 1. The molecule has 29 heavy (non-hydrogen) atoms. The lowest BCUT2D eigenvalue weighted by Crippen LogP contribution is -2.09. The number of hydrogen-bond donors (Lipinski definition) is 0. The van der Waals surface area contributed by atoms with Gasteiger partial charge in [0.2, 0.25) is 0 Å². The van der Waals surface area contributed by atoms with Crippen LogP contribution in [0.4, 0.5) is 0 Å². The van der Waals surface area contributed by atoms with Crippen molar-refractivity contribution < 1.29 is 19.0 Å². The van der Waals surface area contributed by atoms with Gasteiger partial charge in [-0.05, 0) is 66.1 Å². The molecule has 0 saturated heterocycles. The smallest absolute Gasteiger partial charge is 0.311 e. The van der Waals surface area contributed by atoms with Crippen LogP contribution < -0.4 is 14.2 Å². The molecule has 0 saturated carbocycles. The molecular weight excluding hydrogens is 366 g/mol. The molecule has 0 aliphatic rings. The zero-order valence-electron chi connectivity index (χ0n) is 16.3. The van der Waals surface area contributed by atoms with E-state index in [-0.39, 0.29) is 5.97 Å². The van der Waals surface area contributed by atoms with Gasteiger partial charge < -0.3 is 14.2 Å². The van der Waals surface area contributed by atoms with Gasteiger partial charge in [0.15, 0.2) is 0 Å². The third-order valence-corrected chi connectivity index (χ3v) is 4.14. The average molecular weight is 389 g/mol. The molecule has 0 aliphatic carbocycles. The molecule has 0 unspecified atom stereocenters. The first-order valence-corrected chi connectivity index (χ1v) is 9.38. The summed E-state index contributed by atoms with van der Waals surface area (Å²) in [6, 6.07) is 18.6. The van der Waals surface area contributed by atoms with Crippen LogP contribution in [0.1, 0.15) is 24.0 Å². The molecule has 0 radical (unpaired) electrons. The maximum absolute atomic E-state index is 12.0. The second kappa shape index (κ2) is 10.7. The van der Waals surface area contributed by atoms with Gasteiger partial charge in [-0.2, -0.15) is 0 Å². The third kappa shape index (κ3) is 6.81. The fraction of sp³-hybridized carbons (Fsp3) is 0.167. The summed E-state index contributed by atoms with van der Waals surface area (Å²) in [5.74, 6) is 1.78. The topological polar surface area (TPSA) is 57.7 Å². The molecular formula is C24H23NO4. The van der Waals surface area contributed by atoms with Crippen molar-refractivity contribution in [2.24, 2.45) is 0 Å². The Balaban J connectivity index is 1.39. The Morgan fingerprint density at radius 1 is 0.828 bits per heavy atom. The summed E-state index contributed by atoms with van der Waals surface area (Å²) in [5.41, 5.74) is 2.10. The lowest BCUT2D eigenvalue weighted by Gasteiger charge is -2.07. The maximum atomic E-state index is 12.0. The van der Waals surface area contributed by atoms with Crippen molar-refractivity contribution in [3.05, 3.63) is 84.2 Å². The van der Waals surface area contributed by atoms with E-state index in [0.29, 0.717) is 25.2 Å². The monoisotopic (exact) mass is 389 g/mol. The molecule has 0 spiro atoms. The maximum Gasteiger partial charge on any atom is 0.311 e. The van der Waals surface area contributed by atoms with Gasteiger partial charge in [-0.3, -0.25) is 9.78 Å². The van der Waals surface area contributed by atoms with Crippen LogP contribution >= 0.6 is 0 Å². The van der Waals surface area contributed by atoms with Gasteiger partial charge in [0.25, 0.3) is 0 Å². The largest absolute Gasteiger partial charge is 0.497 e. The number of esters is 1. The molecule has 0 atom stereocenters. The summed E-state index contributed by atoms with van der Waals surface area (Å²) in [6.45, 7) is 0.445. The van der Waals surface area contributed by atoms with Crippen molar-refractivity contribution in [1.82, 2.24) is 4.98 Å². The highest BCUT2D eigenvalue weighted by atomic mass is 16.5. The number of carbonyl (C=O) groups excluding carboxylic acids is 1. The number of hydrogen-bond acceptors (Lipinski definition) is 5. The van der Waals surface area contributed by atoms with Crippen LogP contribution in [0.5, 0.6) is 17.2 Å². The van der Waals surface area contributed by atoms with Gasteiger partial charge in [-0.1, -0.05) is 24.3 Å². The van der Waals surface area contributed by atoms with E-state index in [1.54, 1.807) is 31.6 Å². The van der Waals surface area contributed by atoms with Crippen LogP contribution in [0, 0.1) is 0 Å². The molecule has 0 fully saturated rings. The van der Waals surface area contributed by atoms with Crippen molar-refractivity contribution in [1.29, 1.82) is 0 Å². The van der Waals surface area contributed by atoms with E-state index in [1.807, 2.05) is 60.7 Å². The molecule has 1 aromatic heterocycles. The number of methoxy groups -OCH3 is 1. The summed E-state index contributed by atoms with van der Waals surface area (Å²) < 4.78 is 16.1. The van der Waals surface area contributed by atoms with Gasteiger partial charge >= 0.3 is 5.97 Å². The molecule has 2 aromatic carbocycles. The highest BCUT2D eigenvalue weighted by Crippen LogP contribution is 2.18. The van der Waals surface area contributed by atoms with Gasteiger partial charge in [0.1, 0.15) is 17.2 Å². The minimum absolute atomic E-state index is 0.275. The average Bonchev–Trinajstić information content (AvgIpc) is 2.77. The predicted octanol–water partition coefficient (Wildman–Crippen LogP) is 5.03. The minimum Gasteiger partial charge on any atom is -0.497 e. The summed E-state index contributed by atoms with van der Waals surface area (Å²) >= 11 is 0. The highest BCUT2D eigenvalue weighted by molar-refractivity contribution is 5.73. The first kappa shape index (κ1) is 20.1. The van der Waals surface area contributed by atoms with E-state index in [2.05, 4.69) is 4.98 Å². The first-order valence-electron chi connectivity index (χ1n) is 9.38. The number of benzene rings is 2. The fourth-order valence-corrected chi connectivity index (χ4v) is 2.57. The summed E-state index contributed by atoms with van der Waals surface area (Å²) in [5, 5.41) is 0. The number of aromatic nitrogens is 1. The van der Waals surface area contributed by atoms with Gasteiger partial charge in [-0.25, -0.2) is 0 Å². The second-order valence-corrected chi connectivity index (χ2v) is 6.28. The Labute approximate surface area is 170 Å². The number of pyridine rings is 1. The Kier molecular flexibility index (Phi) is 7.41. The van der Waals surface area contributed by atoms with Gasteiger partial charge in [-0.15, -0.1) is 0 Å². The SMILES string of the molecule is COc1ccc(OCCCC(=O)Oc2ccc(/C=C/c3ccncc3)cc2)cc1. The lowest BCUT2D eigenvalue weighted by molar-refractivity contribution is -0.134. The van der Waals surface area contributed by atoms with E-state index in [0.717, 1.165) is 22.6 Å². The molecule has 0 bridgehead atoms. The van der Waals surface area contributed by atoms with Crippen molar-refractivity contribution >= 4 is 18.1 Å². The van der Waals surface area contributed by atoms with E-state index < -0.39 is 0 Å². The third-order valence-electron chi connectivity index (χ3n) is 4.14. The van der Waals surface area contributed by atoms with Crippen LogP contribution in [-0.4, -0.2) is 24.7 Å². The van der Waals surface area contributed by atoms with E-state index in [4.69, 9.17) is 14.2 Å². The Morgan fingerprint density at radius 3 is 2.07 bits per heavy atom. The molecule has 0 aliphatic heterocycles. The normalized spacial score (nSPS) is 10.7. The van der Waals surface area contributed by atoms with E-state index in [1.165, 1.54) is 0 Å². The Bertz CT molecular complexity index is 919. The van der Waals surface area contributed by atoms with Crippen LogP contribution in [0.25, 0.3) is 12.2 Å². The predicted molar refractivity (Wildman–Crippen MR) is 113 cm³/mol. The number of ether oxygens (including phenoxy) is 3. The standard InChI is InChI=1S/C24H23NO4/c1-27-21-10-12-22(13-11-21)28-18-2-3-24(26)29-23-8-6-19(7-9-23)4-5-20-14-16-25-17-15-20/h4-17H,2-3,18H2,1H3/b5-4+. The Hall–Kier alpha value is -3.60. The van der Waals surface area contributed by atoms with Crippen LogP contribution in [-0.2, 0) is 4.79 Å². The fourth-order valence-electron chi connectivity index (χ4n) is 2.57. The van der Waals surface area contributed by atoms with Gasteiger partial charge in [0.05, 0.1) is 13.7 Å². The minimum atomic E-state index is -0.275.